The predicted molar refractivity (Wildman–Crippen MR) is 137 cm³/mol. The fraction of sp³-hybridized carbons (Fsp3) is 0.370. The Hall–Kier alpha value is -3.88. The van der Waals surface area contributed by atoms with Gasteiger partial charge in [-0.3, -0.25) is 9.78 Å². The van der Waals surface area contributed by atoms with Crippen molar-refractivity contribution in [3.8, 4) is 0 Å². The lowest BCUT2D eigenvalue weighted by Crippen LogP contribution is -2.38. The summed E-state index contributed by atoms with van der Waals surface area (Å²) in [6.07, 6.45) is 6.07. The number of nitrogens with one attached hydrogen (secondary N) is 2. The number of aromatic nitrogens is 4. The lowest BCUT2D eigenvalue weighted by atomic mass is 10.0. The first kappa shape index (κ1) is 22.6. The Morgan fingerprint density at radius 3 is 2.83 bits per heavy atom. The Morgan fingerprint density at radius 1 is 1.14 bits per heavy atom. The molecule has 2 atom stereocenters. The number of fused-ring (bicyclic) bond motifs is 2. The Labute approximate surface area is 208 Å². The van der Waals surface area contributed by atoms with Crippen molar-refractivity contribution < 1.29 is 9.18 Å². The third-order valence-corrected chi connectivity index (χ3v) is 7.10. The number of hydrogen-bond acceptors (Lipinski definition) is 7. The van der Waals surface area contributed by atoms with E-state index in [2.05, 4.69) is 43.5 Å². The number of carbonyl (C=O) groups is 1. The van der Waals surface area contributed by atoms with Crippen molar-refractivity contribution in [2.75, 3.05) is 23.3 Å². The van der Waals surface area contributed by atoms with Gasteiger partial charge in [0.2, 0.25) is 5.91 Å². The van der Waals surface area contributed by atoms with E-state index >= 15 is 0 Å². The topological polar surface area (TPSA) is 95.9 Å². The first-order chi connectivity index (χ1) is 17.5. The highest BCUT2D eigenvalue weighted by molar-refractivity contribution is 5.86. The van der Waals surface area contributed by atoms with Crippen LogP contribution in [-0.4, -0.2) is 45.0 Å². The summed E-state index contributed by atoms with van der Waals surface area (Å²) in [6.45, 7) is 5.25. The second kappa shape index (κ2) is 8.96. The third kappa shape index (κ3) is 4.29. The van der Waals surface area contributed by atoms with Crippen LogP contribution in [0.3, 0.4) is 0 Å². The lowest BCUT2D eigenvalue weighted by Gasteiger charge is -2.25. The van der Waals surface area contributed by atoms with Crippen molar-refractivity contribution in [2.45, 2.75) is 45.2 Å². The number of aryl methyl sites for hydroxylation is 1. The lowest BCUT2D eigenvalue weighted by molar-refractivity contribution is -0.122. The maximum atomic E-state index is 14.4. The van der Waals surface area contributed by atoms with Crippen molar-refractivity contribution in [1.82, 2.24) is 25.3 Å². The summed E-state index contributed by atoms with van der Waals surface area (Å²) in [6, 6.07) is 9.08. The normalized spacial score (nSPS) is 18.5. The van der Waals surface area contributed by atoms with Gasteiger partial charge in [-0.15, -0.1) is 0 Å². The molecule has 8 nitrogen and oxygen atoms in total. The number of carbonyl (C=O) groups excluding carboxylic acids is 1. The zero-order valence-corrected chi connectivity index (χ0v) is 20.3. The van der Waals surface area contributed by atoms with Gasteiger partial charge >= 0.3 is 0 Å². The number of hydrogen-bond donors (Lipinski definition) is 2. The molecule has 1 saturated carbocycles. The smallest absolute Gasteiger partial charge is 0.223 e. The molecule has 4 aromatic rings. The molecule has 1 amide bonds. The van der Waals surface area contributed by atoms with Crippen LogP contribution >= 0.6 is 0 Å². The van der Waals surface area contributed by atoms with E-state index in [4.69, 9.17) is 4.98 Å². The van der Waals surface area contributed by atoms with Crippen LogP contribution in [0.25, 0.3) is 21.9 Å². The number of amides is 1. The molecule has 1 saturated heterocycles. The molecule has 4 heterocycles. The molecular formula is C27H28FN7O. The average molecular weight is 486 g/mol. The van der Waals surface area contributed by atoms with Crippen LogP contribution in [0.5, 0.6) is 0 Å². The Bertz CT molecular complexity index is 1470. The van der Waals surface area contributed by atoms with E-state index in [1.165, 1.54) is 12.4 Å². The van der Waals surface area contributed by atoms with Gasteiger partial charge in [0.15, 0.2) is 5.82 Å². The van der Waals surface area contributed by atoms with Crippen LogP contribution in [0.2, 0.25) is 0 Å². The van der Waals surface area contributed by atoms with Gasteiger partial charge in [0.25, 0.3) is 0 Å². The standard InChI is InChI=1S/C27H28FN7O/c1-15-10-18-11-20(16(2)32-25-24-22(30-14-31-25)4-3-8-29-24)26(34-23(18)12-21(15)28)35-9-7-19(13-35)33-27(36)17-5-6-17/h3-4,8,10-12,14,16-17,19H,5-7,9,13H2,1-2H3,(H,33,36)(H,30,31,32)/t16-,19-/m0/s1. The van der Waals surface area contributed by atoms with Gasteiger partial charge in [-0.2, -0.15) is 0 Å². The largest absolute Gasteiger partial charge is 0.361 e. The van der Waals surface area contributed by atoms with Gasteiger partial charge in [0.05, 0.1) is 17.1 Å². The van der Waals surface area contributed by atoms with Crippen LogP contribution in [0.1, 0.15) is 43.4 Å². The number of nitrogens with zero attached hydrogens (tertiary/aromatic N) is 5. The number of pyridine rings is 2. The molecule has 0 unspecified atom stereocenters. The molecule has 1 aliphatic carbocycles. The van der Waals surface area contributed by atoms with E-state index in [0.29, 0.717) is 29.0 Å². The fourth-order valence-electron chi connectivity index (χ4n) is 4.91. The molecule has 184 valence electrons. The van der Waals surface area contributed by atoms with E-state index in [-0.39, 0.29) is 29.7 Å². The van der Waals surface area contributed by atoms with Crippen molar-refractivity contribution in [3.63, 3.8) is 0 Å². The van der Waals surface area contributed by atoms with E-state index in [0.717, 1.165) is 48.1 Å². The zero-order valence-electron chi connectivity index (χ0n) is 20.3. The van der Waals surface area contributed by atoms with Crippen molar-refractivity contribution >= 4 is 39.5 Å². The highest BCUT2D eigenvalue weighted by atomic mass is 19.1. The second-order valence-electron chi connectivity index (χ2n) is 9.87. The van der Waals surface area contributed by atoms with Crippen LogP contribution in [-0.2, 0) is 4.79 Å². The van der Waals surface area contributed by atoms with E-state index in [1.54, 1.807) is 13.1 Å². The highest BCUT2D eigenvalue weighted by Crippen LogP contribution is 2.34. The number of anilines is 2. The van der Waals surface area contributed by atoms with Gasteiger partial charge in [0.1, 0.15) is 23.5 Å². The van der Waals surface area contributed by atoms with Gasteiger partial charge in [-0.1, -0.05) is 0 Å². The minimum atomic E-state index is -0.269. The molecule has 2 fully saturated rings. The Kier molecular flexibility index (Phi) is 5.62. The minimum Gasteiger partial charge on any atom is -0.361 e. The Balaban J connectivity index is 1.35. The SMILES string of the molecule is Cc1cc2cc([C@H](C)Nc3ncnc4cccnc34)c(N3CC[C@H](NC(=O)C4CC4)C3)nc2cc1F. The van der Waals surface area contributed by atoms with Crippen molar-refractivity contribution in [1.29, 1.82) is 0 Å². The highest BCUT2D eigenvalue weighted by Gasteiger charge is 2.34. The molecule has 0 spiro atoms. The van der Waals surface area contributed by atoms with Gasteiger partial charge in [0, 0.05) is 48.3 Å². The molecule has 9 heteroatoms. The average Bonchev–Trinajstić information content (AvgIpc) is 3.63. The summed E-state index contributed by atoms with van der Waals surface area (Å²) in [4.78, 5) is 32.6. The van der Waals surface area contributed by atoms with E-state index in [9.17, 15) is 9.18 Å². The summed E-state index contributed by atoms with van der Waals surface area (Å²) in [5, 5.41) is 7.57. The Morgan fingerprint density at radius 2 is 2.00 bits per heavy atom. The van der Waals surface area contributed by atoms with Crippen molar-refractivity contribution in [2.24, 2.45) is 5.92 Å². The molecule has 1 aromatic carbocycles. The van der Waals surface area contributed by atoms with Crippen LogP contribution in [0.15, 0.2) is 42.9 Å². The maximum absolute atomic E-state index is 14.4. The summed E-state index contributed by atoms with van der Waals surface area (Å²) in [7, 11) is 0. The first-order valence-corrected chi connectivity index (χ1v) is 12.4. The van der Waals surface area contributed by atoms with Gasteiger partial charge in [-0.05, 0) is 62.9 Å². The number of rotatable bonds is 6. The molecule has 36 heavy (non-hydrogen) atoms. The number of halogens is 1. The van der Waals surface area contributed by atoms with Crippen molar-refractivity contribution in [3.05, 3.63) is 59.8 Å². The predicted octanol–water partition coefficient (Wildman–Crippen LogP) is 4.30. The molecule has 1 aliphatic heterocycles. The number of benzene rings is 1. The molecule has 0 radical (unpaired) electrons. The molecule has 6 rings (SSSR count). The summed E-state index contributed by atoms with van der Waals surface area (Å²) >= 11 is 0. The zero-order chi connectivity index (χ0) is 24.8. The maximum Gasteiger partial charge on any atom is 0.223 e. The van der Waals surface area contributed by atoms with Crippen LogP contribution < -0.4 is 15.5 Å². The summed E-state index contributed by atoms with van der Waals surface area (Å²) in [5.41, 5.74) is 3.63. The molecule has 2 aliphatic rings. The van der Waals surface area contributed by atoms with Gasteiger partial charge < -0.3 is 15.5 Å². The summed E-state index contributed by atoms with van der Waals surface area (Å²) in [5.74, 6) is 1.50. The molecular weight excluding hydrogens is 457 g/mol. The molecule has 0 bridgehead atoms. The quantitative estimate of drug-likeness (QED) is 0.420. The van der Waals surface area contributed by atoms with Crippen LogP contribution in [0.4, 0.5) is 16.0 Å². The first-order valence-electron chi connectivity index (χ1n) is 12.4. The monoisotopic (exact) mass is 485 g/mol. The minimum absolute atomic E-state index is 0.0801. The summed E-state index contributed by atoms with van der Waals surface area (Å²) < 4.78 is 14.4. The fourth-order valence-corrected chi connectivity index (χ4v) is 4.91. The van der Waals surface area contributed by atoms with E-state index in [1.807, 2.05) is 18.2 Å². The van der Waals surface area contributed by atoms with Gasteiger partial charge in [-0.25, -0.2) is 19.3 Å². The van der Waals surface area contributed by atoms with E-state index < -0.39 is 0 Å². The molecule has 3 aromatic heterocycles. The molecule has 2 N–H and O–H groups in total. The second-order valence-corrected chi connectivity index (χ2v) is 9.87. The third-order valence-electron chi connectivity index (χ3n) is 7.10. The van der Waals surface area contributed by atoms with Crippen LogP contribution in [0, 0.1) is 18.7 Å².